The fraction of sp³-hybridized carbons (Fsp3) is 0.575. The van der Waals surface area contributed by atoms with Crippen LogP contribution in [0.15, 0.2) is 82.2 Å². The van der Waals surface area contributed by atoms with Crippen LogP contribution in [0.2, 0.25) is 0 Å². The number of carbonyl (C=O) groups excluding carboxylic acids is 8. The lowest BCUT2D eigenvalue weighted by Crippen LogP contribution is -2.65. The van der Waals surface area contributed by atoms with Crippen molar-refractivity contribution in [3.63, 3.8) is 0 Å². The van der Waals surface area contributed by atoms with E-state index in [2.05, 4.69) is 31.4 Å². The van der Waals surface area contributed by atoms with E-state index in [4.69, 9.17) is 67.3 Å². The summed E-state index contributed by atoms with van der Waals surface area (Å²) in [7, 11) is 2.91. The Hall–Kier alpha value is -9.23. The summed E-state index contributed by atoms with van der Waals surface area (Å²) >= 11 is 0. The van der Waals surface area contributed by atoms with Crippen LogP contribution in [0.3, 0.4) is 0 Å². The molecule has 3 aromatic rings. The van der Waals surface area contributed by atoms with Crippen molar-refractivity contribution in [2.45, 2.75) is 116 Å². The number of anilines is 2. The topological polar surface area (TPSA) is 406 Å². The van der Waals surface area contributed by atoms with E-state index in [1.807, 2.05) is 13.1 Å². The number of aliphatic hydroxyl groups excluding tert-OH is 1. The number of nitroso groups, excluding NO2 is 1. The van der Waals surface area contributed by atoms with Crippen molar-refractivity contribution in [1.82, 2.24) is 30.7 Å². The Kier molecular flexibility index (Phi) is 33.5. The molecule has 7 N–H and O–H groups in total. The molecule has 8 rings (SSSR count). The number of ether oxygens (including phenoxy) is 13. The number of amides is 8. The molecular formula is C73H101N11O23. The zero-order valence-electron chi connectivity index (χ0n) is 61.6. The lowest BCUT2D eigenvalue weighted by molar-refractivity contribution is -0.134. The monoisotopic (exact) mass is 1500 g/mol. The Morgan fingerprint density at radius 3 is 1.79 bits per heavy atom. The van der Waals surface area contributed by atoms with Gasteiger partial charge in [-0.05, 0) is 81.5 Å². The van der Waals surface area contributed by atoms with Gasteiger partial charge in [-0.1, -0.05) is 30.2 Å². The third kappa shape index (κ3) is 24.7. The van der Waals surface area contributed by atoms with E-state index >= 15 is 0 Å². The molecule has 0 saturated carbocycles. The van der Waals surface area contributed by atoms with Crippen LogP contribution in [0.25, 0.3) is 0 Å². The van der Waals surface area contributed by atoms with Crippen LogP contribution < -0.4 is 50.8 Å². The van der Waals surface area contributed by atoms with Gasteiger partial charge in [0.25, 0.3) is 11.8 Å². The molecule has 5 aliphatic heterocycles. The van der Waals surface area contributed by atoms with Gasteiger partial charge < -0.3 is 103 Å². The van der Waals surface area contributed by atoms with Crippen LogP contribution in [0.4, 0.5) is 21.9 Å². The Morgan fingerprint density at radius 2 is 1.21 bits per heavy atom. The van der Waals surface area contributed by atoms with Crippen LogP contribution in [0.1, 0.15) is 105 Å². The molecule has 1 fully saturated rings. The number of unbranched alkanes of at least 4 members (excludes halogenated alkanes) is 2. The number of benzene rings is 3. The van der Waals surface area contributed by atoms with E-state index in [-0.39, 0.29) is 124 Å². The SMILES string of the molecule is COc1cc2c(cc1OCCCCCOc1cc3c(cc1OC)C(=O)N1C=C(C)C[C@@]1(N)[C@H](N=O)N3C(=O)OCc1ccc(NC(=O)[C@H](C)NC(=O)CNC(=O)CCOCCOCCOCCOCCOCCOCCOCCOCCNC(=O)CCN3C(=O)CC(C)C3O)cc1)N=CC1CC(C)=CN1C2=O. The van der Waals surface area contributed by atoms with Gasteiger partial charge >= 0.3 is 6.09 Å². The first kappa shape index (κ1) is 83.4. The molecule has 6 atom stereocenters. The second kappa shape index (κ2) is 42.9. The fourth-order valence-corrected chi connectivity index (χ4v) is 12.1. The summed E-state index contributed by atoms with van der Waals surface area (Å²) in [4.78, 5) is 127. The molecular weight excluding hydrogens is 1400 g/mol. The minimum Gasteiger partial charge on any atom is -0.493 e. The average molecular weight is 1500 g/mol. The molecule has 5 heterocycles. The molecule has 34 nitrogen and oxygen atoms in total. The molecule has 3 unspecified atom stereocenters. The lowest BCUT2D eigenvalue weighted by atomic mass is 10.0. The first-order valence-electron chi connectivity index (χ1n) is 35.9. The highest BCUT2D eigenvalue weighted by molar-refractivity contribution is 6.07. The summed E-state index contributed by atoms with van der Waals surface area (Å²) < 4.78 is 73.4. The standard InChI is InChI=1S/C73H101N11O23/c1-48-36-54-43-76-57-40-61(59(95-5)38-55(57)69(91)82(54)45-48)105-18-8-7-9-19-106-62-41-58-56(39-60(62)96-6)70(92)83-46-49(2)42-73(83,74)71(80-94)84(58)72(93)107-47-52-10-12-53(13-11-52)79-67(89)51(4)78-65(87)44-77-64(86)15-20-97-22-24-99-26-28-101-30-32-103-34-35-104-33-31-102-29-27-100-25-23-98-21-16-75-63(85)14-17-81-66(88)37-50(3)68(81)90/h10-13,38-41,43,45-46,50-51,54,68,71,90H,7-9,14-37,42,44,47,74H2,1-6H3,(H,75,85)(H,77,86)(H,78,87)(H,79,89)/t50?,51-,54?,68?,71+,73-/m0/s1. The Labute approximate surface area is 621 Å². The number of aliphatic imine (C=N–C) groups is 1. The molecule has 5 aliphatic rings. The second-order valence-corrected chi connectivity index (χ2v) is 25.9. The lowest BCUT2D eigenvalue weighted by Gasteiger charge is -2.38. The highest BCUT2D eigenvalue weighted by atomic mass is 16.6. The van der Waals surface area contributed by atoms with Gasteiger partial charge in [0.2, 0.25) is 35.7 Å². The summed E-state index contributed by atoms with van der Waals surface area (Å²) in [5, 5.41) is 23.9. The van der Waals surface area contributed by atoms with Crippen LogP contribution in [-0.2, 0) is 73.2 Å². The predicted octanol–water partition coefficient (Wildman–Crippen LogP) is 4.60. The Bertz CT molecular complexity index is 3600. The van der Waals surface area contributed by atoms with Crippen molar-refractivity contribution in [1.29, 1.82) is 0 Å². The summed E-state index contributed by atoms with van der Waals surface area (Å²) in [6.07, 6.45) is 4.52. The number of hydrogen-bond acceptors (Lipinski definition) is 26. The van der Waals surface area contributed by atoms with Crippen molar-refractivity contribution >= 4 is 70.7 Å². The number of carbonyl (C=O) groups is 8. The molecule has 586 valence electrons. The number of hydrogen-bond donors (Lipinski definition) is 6. The number of nitrogens with two attached hydrogens (primary N) is 1. The van der Waals surface area contributed by atoms with E-state index in [9.17, 15) is 48.4 Å². The third-order valence-corrected chi connectivity index (χ3v) is 17.7. The zero-order chi connectivity index (χ0) is 76.7. The maximum Gasteiger partial charge on any atom is 0.416 e. The van der Waals surface area contributed by atoms with E-state index in [1.165, 1.54) is 49.3 Å². The third-order valence-electron chi connectivity index (χ3n) is 17.7. The summed E-state index contributed by atoms with van der Waals surface area (Å²) in [5.74, 6) is -1.68. The molecule has 3 aromatic carbocycles. The Morgan fingerprint density at radius 1 is 0.654 bits per heavy atom. The molecule has 34 heteroatoms. The van der Waals surface area contributed by atoms with Gasteiger partial charge in [0.15, 0.2) is 23.0 Å². The van der Waals surface area contributed by atoms with Crippen LogP contribution in [0, 0.1) is 10.8 Å². The van der Waals surface area contributed by atoms with Gasteiger partial charge in [-0.25, -0.2) is 9.69 Å². The quantitative estimate of drug-likeness (QED) is 0.0332. The first-order valence-corrected chi connectivity index (χ1v) is 35.9. The number of nitrogens with zero attached hydrogens (tertiary/aromatic N) is 6. The molecule has 0 spiro atoms. The van der Waals surface area contributed by atoms with Gasteiger partial charge in [0.05, 0.1) is 168 Å². The average Bonchev–Trinajstić information content (AvgIpc) is 1.58. The van der Waals surface area contributed by atoms with E-state index in [0.717, 1.165) is 10.5 Å². The molecule has 0 radical (unpaired) electrons. The van der Waals surface area contributed by atoms with Gasteiger partial charge in [-0.3, -0.25) is 43.5 Å². The molecule has 107 heavy (non-hydrogen) atoms. The molecule has 0 aliphatic carbocycles. The summed E-state index contributed by atoms with van der Waals surface area (Å²) in [5.41, 5.74) is 8.50. The van der Waals surface area contributed by atoms with E-state index in [1.54, 1.807) is 61.4 Å². The summed E-state index contributed by atoms with van der Waals surface area (Å²) in [6.45, 7) is 12.8. The van der Waals surface area contributed by atoms with Crippen LogP contribution in [-0.4, -0.2) is 256 Å². The van der Waals surface area contributed by atoms with Crippen molar-refractivity contribution in [3.05, 3.63) is 93.7 Å². The predicted molar refractivity (Wildman–Crippen MR) is 387 cm³/mol. The number of nitrogens with one attached hydrogen (secondary N) is 4. The molecule has 8 amide bonds. The zero-order valence-corrected chi connectivity index (χ0v) is 61.6. The second-order valence-electron chi connectivity index (χ2n) is 25.9. The normalized spacial score (nSPS) is 18.8. The summed E-state index contributed by atoms with van der Waals surface area (Å²) in [6, 6.07) is 11.3. The van der Waals surface area contributed by atoms with Crippen molar-refractivity contribution in [3.8, 4) is 23.0 Å². The van der Waals surface area contributed by atoms with Gasteiger partial charge in [0.1, 0.15) is 24.5 Å². The van der Waals surface area contributed by atoms with Gasteiger partial charge in [0, 0.05) is 81.1 Å². The Balaban J connectivity index is 0.638. The number of methoxy groups -OCH3 is 2. The van der Waals surface area contributed by atoms with E-state index < -0.39 is 53.8 Å². The van der Waals surface area contributed by atoms with Crippen molar-refractivity contribution in [2.24, 2.45) is 21.8 Å². The molecule has 0 bridgehead atoms. The number of rotatable bonds is 48. The minimum absolute atomic E-state index is 0.0100. The maximum absolute atomic E-state index is 14.4. The van der Waals surface area contributed by atoms with Gasteiger partial charge in [-0.15, -0.1) is 4.91 Å². The molecule has 1 saturated heterocycles. The minimum atomic E-state index is -1.80. The largest absolute Gasteiger partial charge is 0.493 e. The van der Waals surface area contributed by atoms with E-state index in [0.29, 0.717) is 164 Å². The first-order chi connectivity index (χ1) is 51.7. The van der Waals surface area contributed by atoms with Gasteiger partial charge in [-0.2, -0.15) is 0 Å². The van der Waals surface area contributed by atoms with Crippen molar-refractivity contribution in [2.75, 3.05) is 163 Å². The van der Waals surface area contributed by atoms with Crippen molar-refractivity contribution < 1.29 is 105 Å². The maximum atomic E-state index is 14.4. The smallest absolute Gasteiger partial charge is 0.416 e. The fourth-order valence-electron chi connectivity index (χ4n) is 12.1. The number of likely N-dealkylation sites (tertiary alicyclic amines) is 1. The number of aliphatic hydroxyl groups is 1. The van der Waals surface area contributed by atoms with Crippen LogP contribution in [0.5, 0.6) is 23.0 Å². The highest BCUT2D eigenvalue weighted by Gasteiger charge is 2.55. The molecule has 0 aromatic heterocycles. The highest BCUT2D eigenvalue weighted by Crippen LogP contribution is 2.46. The number of fused-ring (bicyclic) bond motifs is 4. The van der Waals surface area contributed by atoms with Crippen LogP contribution >= 0.6 is 0 Å².